The highest BCUT2D eigenvalue weighted by molar-refractivity contribution is 7.93. The number of alkyl halides is 3. The van der Waals surface area contributed by atoms with Gasteiger partial charge in [-0.05, 0) is 29.8 Å². The van der Waals surface area contributed by atoms with Gasteiger partial charge < -0.3 is 4.52 Å². The second-order valence-electron chi connectivity index (χ2n) is 5.44. The predicted molar refractivity (Wildman–Crippen MR) is 87.2 cm³/mol. The number of hydrogen-bond acceptors (Lipinski definition) is 6. The van der Waals surface area contributed by atoms with E-state index in [0.29, 0.717) is 16.1 Å². The predicted octanol–water partition coefficient (Wildman–Crippen LogP) is 3.86. The highest BCUT2D eigenvalue weighted by atomic mass is 32.2. The smallest absolute Gasteiger partial charge is 0.329 e. The fourth-order valence-corrected chi connectivity index (χ4v) is 3.34. The summed E-state index contributed by atoms with van der Waals surface area (Å²) >= 11 is 0. The average molecular weight is 382 g/mol. The van der Waals surface area contributed by atoms with Gasteiger partial charge in [0.15, 0.2) is 5.82 Å². The molecule has 6 nitrogen and oxygen atoms in total. The monoisotopic (exact) mass is 382 g/mol. The molecule has 2 heterocycles. The first-order valence-electron chi connectivity index (χ1n) is 7.35. The van der Waals surface area contributed by atoms with Crippen molar-refractivity contribution in [1.29, 1.82) is 0 Å². The largest absolute Gasteiger partial charge is 0.471 e. The van der Waals surface area contributed by atoms with Crippen molar-refractivity contribution in [2.24, 2.45) is 4.36 Å². The molecule has 3 aromatic rings. The van der Waals surface area contributed by atoms with Crippen LogP contribution in [0.5, 0.6) is 0 Å². The molecule has 0 saturated carbocycles. The fraction of sp³-hybridized carbons (Fsp3) is 0.188. The summed E-state index contributed by atoms with van der Waals surface area (Å²) < 4.78 is 58.5. The van der Waals surface area contributed by atoms with Crippen LogP contribution in [0, 0.1) is 0 Å². The first-order chi connectivity index (χ1) is 12.2. The second kappa shape index (κ2) is 6.87. The number of halogens is 3. The van der Waals surface area contributed by atoms with Gasteiger partial charge in [-0.1, -0.05) is 17.3 Å². The minimum atomic E-state index is -4.67. The first kappa shape index (κ1) is 18.1. The molecule has 0 saturated heterocycles. The SMILES string of the molecule is CS(=O)(=Nc1ccc(Cc2noc(C(F)(F)F)n2)cc1)c1cccnc1. The molecule has 0 amide bonds. The molecule has 26 heavy (non-hydrogen) atoms. The first-order valence-corrected chi connectivity index (χ1v) is 9.27. The standard InChI is InChI=1S/C16H13F3N4O2S/c1-26(24,13-3-2-8-20-10-13)23-12-6-4-11(5-7-12)9-14-21-15(25-22-14)16(17,18)19/h2-8,10H,9H2,1H3. The van der Waals surface area contributed by atoms with Gasteiger partial charge in [-0.2, -0.15) is 22.5 Å². The Balaban J connectivity index is 1.78. The van der Waals surface area contributed by atoms with Crippen molar-refractivity contribution in [3.05, 3.63) is 66.1 Å². The summed E-state index contributed by atoms with van der Waals surface area (Å²) in [7, 11) is -2.65. The van der Waals surface area contributed by atoms with Crippen LogP contribution in [0.3, 0.4) is 0 Å². The van der Waals surface area contributed by atoms with Crippen molar-refractivity contribution in [2.45, 2.75) is 17.5 Å². The van der Waals surface area contributed by atoms with Crippen LogP contribution >= 0.6 is 0 Å². The Hall–Kier alpha value is -2.75. The van der Waals surface area contributed by atoms with Crippen LogP contribution in [0.15, 0.2) is 62.6 Å². The topological polar surface area (TPSA) is 81.2 Å². The van der Waals surface area contributed by atoms with Crippen LogP contribution in [-0.4, -0.2) is 25.6 Å². The number of benzene rings is 1. The maximum Gasteiger partial charge on any atom is 0.471 e. The van der Waals surface area contributed by atoms with E-state index in [9.17, 15) is 17.4 Å². The molecule has 0 spiro atoms. The third-order valence-corrected chi connectivity index (χ3v) is 5.04. The number of rotatable bonds is 4. The zero-order valence-corrected chi connectivity index (χ0v) is 14.3. The Labute approximate surface area is 147 Å². The lowest BCUT2D eigenvalue weighted by Crippen LogP contribution is -2.05. The van der Waals surface area contributed by atoms with Gasteiger partial charge in [0, 0.05) is 25.1 Å². The summed E-state index contributed by atoms with van der Waals surface area (Å²) in [6.45, 7) is 0. The van der Waals surface area contributed by atoms with Gasteiger partial charge in [-0.15, -0.1) is 0 Å². The molecule has 0 fully saturated rings. The number of nitrogens with zero attached hydrogens (tertiary/aromatic N) is 4. The molecule has 0 N–H and O–H groups in total. The number of aromatic nitrogens is 3. The minimum absolute atomic E-state index is 0.0725. The van der Waals surface area contributed by atoms with E-state index in [1.54, 1.807) is 42.6 Å². The molecule has 0 aliphatic heterocycles. The molecule has 0 radical (unpaired) electrons. The molecular formula is C16H13F3N4O2S. The Morgan fingerprint density at radius 2 is 1.92 bits per heavy atom. The zero-order chi connectivity index (χ0) is 18.8. The fourth-order valence-electron chi connectivity index (χ4n) is 2.12. The highest BCUT2D eigenvalue weighted by Crippen LogP contribution is 2.27. The van der Waals surface area contributed by atoms with E-state index in [1.807, 2.05) is 0 Å². The van der Waals surface area contributed by atoms with E-state index in [4.69, 9.17) is 0 Å². The Bertz CT molecular complexity index is 1010. The van der Waals surface area contributed by atoms with Gasteiger partial charge in [-0.3, -0.25) is 4.98 Å². The molecule has 2 aromatic heterocycles. The normalized spacial score (nSPS) is 14.0. The molecule has 0 aliphatic carbocycles. The molecule has 0 aliphatic rings. The Kier molecular flexibility index (Phi) is 4.77. The van der Waals surface area contributed by atoms with Crippen LogP contribution in [0.4, 0.5) is 18.9 Å². The van der Waals surface area contributed by atoms with Crippen LogP contribution in [0.1, 0.15) is 17.3 Å². The van der Waals surface area contributed by atoms with Crippen LogP contribution in [0.25, 0.3) is 0 Å². The van der Waals surface area contributed by atoms with E-state index in [0.717, 1.165) is 0 Å². The van der Waals surface area contributed by atoms with Gasteiger partial charge in [-0.25, -0.2) is 4.21 Å². The van der Waals surface area contributed by atoms with Crippen molar-refractivity contribution in [1.82, 2.24) is 15.1 Å². The van der Waals surface area contributed by atoms with Crippen LogP contribution in [-0.2, 0) is 22.3 Å². The quantitative estimate of drug-likeness (QED) is 0.684. The molecule has 1 unspecified atom stereocenters. The molecule has 1 aromatic carbocycles. The molecule has 136 valence electrons. The Morgan fingerprint density at radius 3 is 2.50 bits per heavy atom. The number of pyridine rings is 1. The third kappa shape index (κ3) is 4.26. The van der Waals surface area contributed by atoms with E-state index >= 15 is 0 Å². The van der Waals surface area contributed by atoms with Crippen molar-refractivity contribution in [3.63, 3.8) is 0 Å². The lowest BCUT2D eigenvalue weighted by Gasteiger charge is -2.04. The molecule has 10 heteroatoms. The minimum Gasteiger partial charge on any atom is -0.329 e. The second-order valence-corrected chi connectivity index (χ2v) is 7.70. The number of hydrogen-bond donors (Lipinski definition) is 0. The van der Waals surface area contributed by atoms with Crippen molar-refractivity contribution in [2.75, 3.05) is 6.26 Å². The Morgan fingerprint density at radius 1 is 1.19 bits per heavy atom. The van der Waals surface area contributed by atoms with Gasteiger partial charge in [0.1, 0.15) is 0 Å². The van der Waals surface area contributed by atoms with E-state index < -0.39 is 21.8 Å². The van der Waals surface area contributed by atoms with Gasteiger partial charge in [0.2, 0.25) is 0 Å². The summed E-state index contributed by atoms with van der Waals surface area (Å²) in [6.07, 6.45) is -0.00779. The summed E-state index contributed by atoms with van der Waals surface area (Å²) in [6, 6.07) is 9.92. The van der Waals surface area contributed by atoms with Crippen molar-refractivity contribution < 1.29 is 21.9 Å². The van der Waals surface area contributed by atoms with Crippen molar-refractivity contribution in [3.8, 4) is 0 Å². The summed E-state index contributed by atoms with van der Waals surface area (Å²) in [5.74, 6) is -1.45. The average Bonchev–Trinajstić information content (AvgIpc) is 3.06. The van der Waals surface area contributed by atoms with Gasteiger partial charge >= 0.3 is 12.1 Å². The van der Waals surface area contributed by atoms with Crippen molar-refractivity contribution >= 4 is 15.4 Å². The van der Waals surface area contributed by atoms with Gasteiger partial charge in [0.25, 0.3) is 0 Å². The molecule has 0 bridgehead atoms. The maximum atomic E-state index is 12.7. The lowest BCUT2D eigenvalue weighted by atomic mass is 10.1. The third-order valence-electron chi connectivity index (χ3n) is 3.36. The summed E-state index contributed by atoms with van der Waals surface area (Å²) in [5, 5.41) is 3.32. The lowest BCUT2D eigenvalue weighted by molar-refractivity contribution is -0.159. The molecule has 3 rings (SSSR count). The summed E-state index contributed by atoms with van der Waals surface area (Å²) in [5.41, 5.74) is 1.15. The molecule has 1 atom stereocenters. The van der Waals surface area contributed by atoms with E-state index in [1.165, 1.54) is 12.5 Å². The highest BCUT2D eigenvalue weighted by Gasteiger charge is 2.38. The molecular weight excluding hydrogens is 369 g/mol. The maximum absolute atomic E-state index is 12.7. The van der Waals surface area contributed by atoms with E-state index in [-0.39, 0.29) is 12.2 Å². The summed E-state index contributed by atoms with van der Waals surface area (Å²) in [4.78, 5) is 7.76. The van der Waals surface area contributed by atoms with Crippen LogP contribution < -0.4 is 0 Å². The zero-order valence-electron chi connectivity index (χ0n) is 13.5. The van der Waals surface area contributed by atoms with Gasteiger partial charge in [0.05, 0.1) is 20.3 Å². The van der Waals surface area contributed by atoms with E-state index in [2.05, 4.69) is 24.0 Å². The van der Waals surface area contributed by atoms with Crippen LogP contribution in [0.2, 0.25) is 0 Å².